The Morgan fingerprint density at radius 2 is 2.16 bits per heavy atom. The van der Waals surface area contributed by atoms with E-state index in [0.717, 1.165) is 18.5 Å². The van der Waals surface area contributed by atoms with Crippen molar-refractivity contribution in [3.05, 3.63) is 39.8 Å². The zero-order valence-electron chi connectivity index (χ0n) is 14.5. The summed E-state index contributed by atoms with van der Waals surface area (Å²) >= 11 is 0. The monoisotopic (exact) mass is 337 g/mol. The first-order valence-electron chi connectivity index (χ1n) is 8.22. The lowest BCUT2D eigenvalue weighted by atomic mass is 10.1. The van der Waals surface area contributed by atoms with E-state index < -0.39 is 0 Å². The first-order chi connectivity index (χ1) is 12.1. The van der Waals surface area contributed by atoms with Crippen molar-refractivity contribution in [2.24, 2.45) is 7.05 Å². The number of hydrogen-bond acceptors (Lipinski definition) is 5. The van der Waals surface area contributed by atoms with E-state index in [1.165, 1.54) is 0 Å². The van der Waals surface area contributed by atoms with Gasteiger partial charge in [0.25, 0.3) is 5.56 Å². The standard InChI is InChI=1S/C18H19N5O2/c1-4-6-13-15-16(23(3)22-13)18(24)21-17(20-15)12-9-11(10-19)7-8-14(12)25-5-2/h7-9H,4-6H2,1-3H3,(H,20,21,24). The van der Waals surface area contributed by atoms with Crippen LogP contribution >= 0.6 is 0 Å². The van der Waals surface area contributed by atoms with Gasteiger partial charge >= 0.3 is 0 Å². The van der Waals surface area contributed by atoms with Crippen molar-refractivity contribution in [3.63, 3.8) is 0 Å². The lowest BCUT2D eigenvalue weighted by Gasteiger charge is -2.10. The Kier molecular flexibility index (Phi) is 4.52. The van der Waals surface area contributed by atoms with Crippen LogP contribution in [0.1, 0.15) is 31.5 Å². The topological polar surface area (TPSA) is 96.6 Å². The zero-order valence-corrected chi connectivity index (χ0v) is 14.5. The molecule has 2 heterocycles. The Morgan fingerprint density at radius 3 is 2.84 bits per heavy atom. The number of rotatable bonds is 5. The summed E-state index contributed by atoms with van der Waals surface area (Å²) in [6.45, 7) is 4.40. The van der Waals surface area contributed by atoms with Crippen LogP contribution in [0, 0.1) is 11.3 Å². The number of aromatic nitrogens is 4. The van der Waals surface area contributed by atoms with E-state index in [1.54, 1.807) is 29.9 Å². The number of nitriles is 1. The average molecular weight is 337 g/mol. The number of H-pyrrole nitrogens is 1. The van der Waals surface area contributed by atoms with E-state index in [2.05, 4.69) is 28.1 Å². The predicted octanol–water partition coefficient (Wildman–Crippen LogP) is 2.55. The first kappa shape index (κ1) is 16.7. The van der Waals surface area contributed by atoms with E-state index in [9.17, 15) is 10.1 Å². The highest BCUT2D eigenvalue weighted by molar-refractivity contribution is 5.80. The summed E-state index contributed by atoms with van der Waals surface area (Å²) < 4.78 is 7.19. The molecule has 0 amide bonds. The normalized spacial score (nSPS) is 10.8. The van der Waals surface area contributed by atoms with Crippen molar-refractivity contribution in [3.8, 4) is 23.2 Å². The Bertz CT molecular complexity index is 1030. The van der Waals surface area contributed by atoms with Crippen molar-refractivity contribution in [2.45, 2.75) is 26.7 Å². The van der Waals surface area contributed by atoms with Crippen molar-refractivity contribution in [1.29, 1.82) is 5.26 Å². The SMILES string of the molecule is CCCc1nn(C)c2c(=O)[nH]c(-c3cc(C#N)ccc3OCC)nc12. The van der Waals surface area contributed by atoms with Gasteiger partial charge in [-0.15, -0.1) is 0 Å². The van der Waals surface area contributed by atoms with Crippen LogP contribution in [0.15, 0.2) is 23.0 Å². The van der Waals surface area contributed by atoms with Gasteiger partial charge in [0.05, 0.1) is 29.5 Å². The number of nitrogens with one attached hydrogen (secondary N) is 1. The van der Waals surface area contributed by atoms with Crippen molar-refractivity contribution < 1.29 is 4.74 Å². The van der Waals surface area contributed by atoms with Gasteiger partial charge in [0.2, 0.25) is 0 Å². The average Bonchev–Trinajstić information content (AvgIpc) is 2.92. The lowest BCUT2D eigenvalue weighted by Crippen LogP contribution is -2.12. The molecule has 0 atom stereocenters. The van der Waals surface area contributed by atoms with Gasteiger partial charge in [-0.1, -0.05) is 13.3 Å². The summed E-state index contributed by atoms with van der Waals surface area (Å²) in [7, 11) is 1.74. The summed E-state index contributed by atoms with van der Waals surface area (Å²) in [5, 5.41) is 13.6. The van der Waals surface area contributed by atoms with Gasteiger partial charge in [-0.25, -0.2) is 4.98 Å². The molecule has 2 aromatic heterocycles. The molecule has 0 bridgehead atoms. The molecule has 1 N–H and O–H groups in total. The van der Waals surface area contributed by atoms with Crippen LogP contribution < -0.4 is 10.3 Å². The third kappa shape index (κ3) is 2.98. The molecule has 7 nitrogen and oxygen atoms in total. The minimum atomic E-state index is -0.262. The minimum absolute atomic E-state index is 0.262. The molecule has 0 unspecified atom stereocenters. The summed E-state index contributed by atoms with van der Waals surface area (Å²) in [6.07, 6.45) is 1.65. The summed E-state index contributed by atoms with van der Waals surface area (Å²) in [5.74, 6) is 0.952. The van der Waals surface area contributed by atoms with Crippen LogP contribution in [0.25, 0.3) is 22.4 Å². The second-order valence-corrected chi connectivity index (χ2v) is 5.69. The van der Waals surface area contributed by atoms with Gasteiger partial charge in [0.15, 0.2) is 5.52 Å². The predicted molar refractivity (Wildman–Crippen MR) is 94.4 cm³/mol. The number of aromatic amines is 1. The van der Waals surface area contributed by atoms with Crippen molar-refractivity contribution in [2.75, 3.05) is 6.61 Å². The van der Waals surface area contributed by atoms with E-state index in [4.69, 9.17) is 4.74 Å². The van der Waals surface area contributed by atoms with Crippen LogP contribution in [-0.2, 0) is 13.5 Å². The fraction of sp³-hybridized carbons (Fsp3) is 0.333. The third-order valence-electron chi connectivity index (χ3n) is 3.91. The molecule has 25 heavy (non-hydrogen) atoms. The van der Waals surface area contributed by atoms with Crippen LogP contribution in [0.5, 0.6) is 5.75 Å². The van der Waals surface area contributed by atoms with Crippen LogP contribution in [0.2, 0.25) is 0 Å². The molecule has 0 saturated carbocycles. The number of fused-ring (bicyclic) bond motifs is 1. The van der Waals surface area contributed by atoms with Crippen LogP contribution in [0.3, 0.4) is 0 Å². The number of aryl methyl sites for hydroxylation is 2. The number of benzene rings is 1. The van der Waals surface area contributed by atoms with E-state index in [-0.39, 0.29) is 5.56 Å². The maximum atomic E-state index is 12.6. The zero-order chi connectivity index (χ0) is 18.0. The molecular weight excluding hydrogens is 318 g/mol. The van der Waals surface area contributed by atoms with E-state index in [0.29, 0.717) is 40.3 Å². The van der Waals surface area contributed by atoms with Gasteiger partial charge < -0.3 is 9.72 Å². The highest BCUT2D eigenvalue weighted by Crippen LogP contribution is 2.29. The molecule has 0 spiro atoms. The third-order valence-corrected chi connectivity index (χ3v) is 3.91. The van der Waals surface area contributed by atoms with E-state index in [1.807, 2.05) is 6.92 Å². The number of nitrogens with zero attached hydrogens (tertiary/aromatic N) is 4. The maximum absolute atomic E-state index is 12.6. The Hall–Kier alpha value is -3.14. The second-order valence-electron chi connectivity index (χ2n) is 5.69. The highest BCUT2D eigenvalue weighted by Gasteiger charge is 2.17. The molecule has 0 aliphatic heterocycles. The molecule has 0 saturated heterocycles. The molecule has 0 radical (unpaired) electrons. The van der Waals surface area contributed by atoms with Crippen molar-refractivity contribution >= 4 is 11.0 Å². The molecule has 128 valence electrons. The highest BCUT2D eigenvalue weighted by atomic mass is 16.5. The minimum Gasteiger partial charge on any atom is -0.493 e. The Labute approximate surface area is 144 Å². The van der Waals surface area contributed by atoms with E-state index >= 15 is 0 Å². The summed E-state index contributed by atoms with van der Waals surface area (Å²) in [4.78, 5) is 20.0. The molecule has 3 rings (SSSR count). The molecule has 0 aliphatic carbocycles. The molecular formula is C18H19N5O2. The fourth-order valence-electron chi connectivity index (χ4n) is 2.85. The van der Waals surface area contributed by atoms with Gasteiger partial charge in [-0.2, -0.15) is 10.4 Å². The van der Waals surface area contributed by atoms with Gasteiger partial charge in [-0.05, 0) is 31.5 Å². The summed E-state index contributed by atoms with van der Waals surface area (Å²) in [5.41, 5.74) is 2.63. The second kappa shape index (κ2) is 6.77. The maximum Gasteiger partial charge on any atom is 0.277 e. The lowest BCUT2D eigenvalue weighted by molar-refractivity contribution is 0.341. The molecule has 0 aliphatic rings. The largest absolute Gasteiger partial charge is 0.493 e. The molecule has 0 fully saturated rings. The van der Waals surface area contributed by atoms with Gasteiger partial charge in [-0.3, -0.25) is 9.48 Å². The smallest absolute Gasteiger partial charge is 0.277 e. The van der Waals surface area contributed by atoms with Gasteiger partial charge in [0, 0.05) is 7.05 Å². The molecule has 3 aromatic rings. The Morgan fingerprint density at radius 1 is 1.36 bits per heavy atom. The van der Waals surface area contributed by atoms with Crippen LogP contribution in [0.4, 0.5) is 0 Å². The Balaban J connectivity index is 2.28. The summed E-state index contributed by atoms with van der Waals surface area (Å²) in [6, 6.07) is 7.17. The molecule has 7 heteroatoms. The quantitative estimate of drug-likeness (QED) is 0.772. The molecule has 1 aromatic carbocycles. The first-order valence-corrected chi connectivity index (χ1v) is 8.22. The van der Waals surface area contributed by atoms with Crippen LogP contribution in [-0.4, -0.2) is 26.4 Å². The number of hydrogen-bond donors (Lipinski definition) is 1. The fourth-order valence-corrected chi connectivity index (χ4v) is 2.85. The number of ether oxygens (including phenoxy) is 1. The van der Waals surface area contributed by atoms with Gasteiger partial charge in [0.1, 0.15) is 17.1 Å². The van der Waals surface area contributed by atoms with Crippen molar-refractivity contribution in [1.82, 2.24) is 19.7 Å².